The molecule has 0 aliphatic rings. The lowest BCUT2D eigenvalue weighted by Gasteiger charge is -2.09. The lowest BCUT2D eigenvalue weighted by Crippen LogP contribution is -1.91. The van der Waals surface area contributed by atoms with E-state index in [1.807, 2.05) is 48.5 Å². The van der Waals surface area contributed by atoms with Gasteiger partial charge in [0.15, 0.2) is 0 Å². The summed E-state index contributed by atoms with van der Waals surface area (Å²) in [5.41, 5.74) is 11.0. The number of nitrogens with one attached hydrogen (secondary N) is 2. The molecule has 2 aromatic rings. The van der Waals surface area contributed by atoms with E-state index in [4.69, 9.17) is 5.53 Å². The second kappa shape index (κ2) is 5.25. The van der Waals surface area contributed by atoms with Crippen molar-refractivity contribution in [1.82, 2.24) is 0 Å². The second-order valence-electron chi connectivity index (χ2n) is 3.80. The molecule has 0 unspecified atom stereocenters. The molecule has 0 saturated carbocycles. The molecular formula is C14H15N3. The Morgan fingerprint density at radius 3 is 2.47 bits per heavy atom. The first-order chi connectivity index (χ1) is 8.33. The zero-order valence-corrected chi connectivity index (χ0v) is 9.77. The van der Waals surface area contributed by atoms with E-state index >= 15 is 0 Å². The van der Waals surface area contributed by atoms with Gasteiger partial charge >= 0.3 is 0 Å². The van der Waals surface area contributed by atoms with Crippen LogP contribution in [0, 0.1) is 5.53 Å². The molecule has 0 fully saturated rings. The van der Waals surface area contributed by atoms with Crippen molar-refractivity contribution in [3.63, 3.8) is 0 Å². The number of rotatable bonds is 4. The van der Waals surface area contributed by atoms with Gasteiger partial charge in [0.2, 0.25) is 0 Å². The van der Waals surface area contributed by atoms with E-state index < -0.39 is 0 Å². The van der Waals surface area contributed by atoms with Gasteiger partial charge in [0.25, 0.3) is 0 Å². The highest BCUT2D eigenvalue weighted by Crippen LogP contribution is 2.25. The van der Waals surface area contributed by atoms with Crippen LogP contribution in [-0.2, 0) is 6.42 Å². The van der Waals surface area contributed by atoms with Crippen LogP contribution in [0.5, 0.6) is 0 Å². The number of anilines is 2. The Morgan fingerprint density at radius 1 is 1.06 bits per heavy atom. The van der Waals surface area contributed by atoms with Crippen molar-refractivity contribution in [2.75, 3.05) is 5.32 Å². The lowest BCUT2D eigenvalue weighted by atomic mass is 10.1. The smallest absolute Gasteiger partial charge is 0.0883 e. The van der Waals surface area contributed by atoms with Crippen LogP contribution in [0.15, 0.2) is 53.6 Å². The molecular weight excluding hydrogens is 210 g/mol. The minimum Gasteiger partial charge on any atom is -0.356 e. The first-order valence-corrected chi connectivity index (χ1v) is 5.66. The topological polar surface area (TPSA) is 48.2 Å². The highest BCUT2D eigenvalue weighted by Gasteiger charge is 2.01. The Balaban J connectivity index is 2.25. The molecule has 0 saturated heterocycles. The van der Waals surface area contributed by atoms with Gasteiger partial charge in [-0.3, -0.25) is 0 Å². The summed E-state index contributed by atoms with van der Waals surface area (Å²) in [6, 6.07) is 15.9. The van der Waals surface area contributed by atoms with Crippen molar-refractivity contribution < 1.29 is 0 Å². The molecule has 0 amide bonds. The molecule has 2 rings (SSSR count). The zero-order chi connectivity index (χ0) is 12.1. The average molecular weight is 225 g/mol. The number of benzene rings is 2. The predicted molar refractivity (Wildman–Crippen MR) is 70.4 cm³/mol. The number of para-hydroxylation sites is 1. The maximum Gasteiger partial charge on any atom is 0.0883 e. The summed E-state index contributed by atoms with van der Waals surface area (Å²) in [6.45, 7) is 2.07. The number of hydrogen-bond donors (Lipinski definition) is 2. The summed E-state index contributed by atoms with van der Waals surface area (Å²) in [5.74, 6) is 0. The van der Waals surface area contributed by atoms with E-state index in [0.717, 1.165) is 29.0 Å². The number of hydrogen-bond acceptors (Lipinski definition) is 3. The largest absolute Gasteiger partial charge is 0.356 e. The van der Waals surface area contributed by atoms with Gasteiger partial charge in [0.1, 0.15) is 0 Å². The summed E-state index contributed by atoms with van der Waals surface area (Å²) in [6.07, 6.45) is 0.877. The normalized spacial score (nSPS) is 9.94. The minimum atomic E-state index is 0.742. The highest BCUT2D eigenvalue weighted by atomic mass is 15.0. The molecule has 2 aromatic carbocycles. The van der Waals surface area contributed by atoms with E-state index in [2.05, 4.69) is 17.4 Å². The van der Waals surface area contributed by atoms with Crippen LogP contribution in [0.3, 0.4) is 0 Å². The van der Waals surface area contributed by atoms with E-state index in [-0.39, 0.29) is 0 Å². The van der Waals surface area contributed by atoms with E-state index in [1.165, 1.54) is 0 Å². The monoisotopic (exact) mass is 225 g/mol. The Kier molecular flexibility index (Phi) is 3.50. The molecule has 0 heterocycles. The van der Waals surface area contributed by atoms with Crippen LogP contribution in [0.1, 0.15) is 12.5 Å². The third-order valence-corrected chi connectivity index (χ3v) is 2.64. The fraction of sp³-hybridized carbons (Fsp3) is 0.143. The number of nitrogens with zero attached hydrogens (tertiary/aromatic N) is 1. The fourth-order valence-corrected chi connectivity index (χ4v) is 1.74. The molecule has 3 nitrogen and oxygen atoms in total. The highest BCUT2D eigenvalue weighted by molar-refractivity contribution is 5.63. The quantitative estimate of drug-likeness (QED) is 0.731. The van der Waals surface area contributed by atoms with Gasteiger partial charge in [-0.25, -0.2) is 5.53 Å². The van der Waals surface area contributed by atoms with Crippen molar-refractivity contribution in [3.05, 3.63) is 54.1 Å². The van der Waals surface area contributed by atoms with Gasteiger partial charge in [0.05, 0.1) is 5.69 Å². The molecule has 0 atom stereocenters. The Labute approximate surface area is 101 Å². The summed E-state index contributed by atoms with van der Waals surface area (Å²) in [7, 11) is 0. The van der Waals surface area contributed by atoms with Gasteiger partial charge < -0.3 is 5.32 Å². The van der Waals surface area contributed by atoms with E-state index in [9.17, 15) is 0 Å². The molecule has 0 aromatic heterocycles. The third kappa shape index (κ3) is 2.69. The average Bonchev–Trinajstić information content (AvgIpc) is 2.40. The Morgan fingerprint density at radius 2 is 1.82 bits per heavy atom. The van der Waals surface area contributed by atoms with Crippen LogP contribution in [-0.4, -0.2) is 0 Å². The van der Waals surface area contributed by atoms with Crippen LogP contribution in [0.4, 0.5) is 17.1 Å². The van der Waals surface area contributed by atoms with Crippen molar-refractivity contribution >= 4 is 17.1 Å². The first-order valence-electron chi connectivity index (χ1n) is 5.66. The minimum absolute atomic E-state index is 0.742. The van der Waals surface area contributed by atoms with Crippen LogP contribution >= 0.6 is 0 Å². The summed E-state index contributed by atoms with van der Waals surface area (Å²) in [4.78, 5) is 0. The molecule has 0 radical (unpaired) electrons. The summed E-state index contributed by atoms with van der Waals surface area (Å²) in [5, 5.41) is 6.84. The molecule has 0 aliphatic carbocycles. The molecule has 3 heteroatoms. The first kappa shape index (κ1) is 11.3. The molecule has 17 heavy (non-hydrogen) atoms. The molecule has 0 bridgehead atoms. The molecule has 0 spiro atoms. The predicted octanol–water partition coefficient (Wildman–Crippen LogP) is 4.66. The Hall–Kier alpha value is -2.16. The van der Waals surface area contributed by atoms with Gasteiger partial charge in [0, 0.05) is 11.4 Å². The van der Waals surface area contributed by atoms with Gasteiger partial charge in [-0.05, 0) is 42.3 Å². The Bertz CT molecular complexity index is 506. The standard InChI is InChI=1S/C14H15N3/c1-2-11-10-13(8-9-14(11)17-15)16-12-6-4-3-5-7-12/h3-10,15-16H,2H2,1H3. The van der Waals surface area contributed by atoms with Gasteiger partial charge in [-0.1, -0.05) is 25.1 Å². The molecule has 2 N–H and O–H groups in total. The maximum absolute atomic E-state index is 7.08. The number of aryl methyl sites for hydroxylation is 1. The van der Waals surface area contributed by atoms with Crippen molar-refractivity contribution in [3.8, 4) is 0 Å². The summed E-state index contributed by atoms with van der Waals surface area (Å²) >= 11 is 0. The van der Waals surface area contributed by atoms with Crippen molar-refractivity contribution in [2.24, 2.45) is 5.11 Å². The van der Waals surface area contributed by atoms with E-state index in [1.54, 1.807) is 0 Å². The third-order valence-electron chi connectivity index (χ3n) is 2.64. The zero-order valence-electron chi connectivity index (χ0n) is 9.77. The van der Waals surface area contributed by atoms with Crippen LogP contribution in [0.25, 0.3) is 0 Å². The van der Waals surface area contributed by atoms with E-state index in [0.29, 0.717) is 0 Å². The van der Waals surface area contributed by atoms with Gasteiger partial charge in [-0.15, -0.1) is 0 Å². The van der Waals surface area contributed by atoms with Crippen LogP contribution < -0.4 is 5.32 Å². The maximum atomic E-state index is 7.08. The van der Waals surface area contributed by atoms with Crippen LogP contribution in [0.2, 0.25) is 0 Å². The van der Waals surface area contributed by atoms with Gasteiger partial charge in [-0.2, -0.15) is 5.11 Å². The lowest BCUT2D eigenvalue weighted by molar-refractivity contribution is 1.08. The molecule has 86 valence electrons. The van der Waals surface area contributed by atoms with Crippen molar-refractivity contribution in [2.45, 2.75) is 13.3 Å². The second-order valence-corrected chi connectivity index (χ2v) is 3.80. The SMILES string of the molecule is CCc1cc(Nc2ccccc2)ccc1N=N. The summed E-state index contributed by atoms with van der Waals surface area (Å²) < 4.78 is 0. The fourth-order valence-electron chi connectivity index (χ4n) is 1.74. The van der Waals surface area contributed by atoms with Crippen molar-refractivity contribution in [1.29, 1.82) is 5.53 Å². The molecule has 0 aliphatic heterocycles.